The lowest BCUT2D eigenvalue weighted by atomic mass is 10.0. The minimum absolute atomic E-state index is 0.0503. The second-order valence-electron chi connectivity index (χ2n) is 4.34. The van der Waals surface area contributed by atoms with Crippen LogP contribution in [0.5, 0.6) is 0 Å². The normalized spacial score (nSPS) is 12.4. The number of rotatable bonds is 4. The van der Waals surface area contributed by atoms with E-state index in [0.29, 0.717) is 0 Å². The average Bonchev–Trinajstić information content (AvgIpc) is 2.77. The van der Waals surface area contributed by atoms with E-state index in [4.69, 9.17) is 4.42 Å². The third-order valence-electron chi connectivity index (χ3n) is 2.92. The van der Waals surface area contributed by atoms with Gasteiger partial charge < -0.3 is 14.6 Å². The van der Waals surface area contributed by atoms with Crippen molar-refractivity contribution in [1.82, 2.24) is 5.32 Å². The molecule has 2 aromatic rings. The molecule has 3 nitrogen and oxygen atoms in total. The molecule has 1 aromatic carbocycles. The predicted molar refractivity (Wildman–Crippen MR) is 78.1 cm³/mol. The van der Waals surface area contributed by atoms with Gasteiger partial charge in [-0.25, -0.2) is 0 Å². The van der Waals surface area contributed by atoms with Gasteiger partial charge in [-0.3, -0.25) is 0 Å². The number of nitrogens with one attached hydrogen (secondary N) is 1. The number of benzene rings is 1. The van der Waals surface area contributed by atoms with Crippen molar-refractivity contribution in [2.75, 3.05) is 26.0 Å². The molecular formula is C14H17BrN2O. The highest BCUT2D eigenvalue weighted by Gasteiger charge is 2.18. The molecule has 1 aromatic heterocycles. The van der Waals surface area contributed by atoms with Gasteiger partial charge in [-0.15, -0.1) is 0 Å². The van der Waals surface area contributed by atoms with E-state index in [1.54, 1.807) is 6.26 Å². The van der Waals surface area contributed by atoms with Crippen molar-refractivity contribution in [3.63, 3.8) is 0 Å². The van der Waals surface area contributed by atoms with Gasteiger partial charge in [0.05, 0.1) is 16.8 Å². The van der Waals surface area contributed by atoms with Crippen molar-refractivity contribution in [1.29, 1.82) is 0 Å². The van der Waals surface area contributed by atoms with Crippen LogP contribution in [0.15, 0.2) is 45.5 Å². The number of hydrogen-bond acceptors (Lipinski definition) is 3. The number of anilines is 1. The van der Waals surface area contributed by atoms with Crippen molar-refractivity contribution in [3.8, 4) is 0 Å². The maximum atomic E-state index is 5.55. The summed E-state index contributed by atoms with van der Waals surface area (Å²) in [6.45, 7) is 0. The van der Waals surface area contributed by atoms with Crippen LogP contribution in [0.1, 0.15) is 17.4 Å². The van der Waals surface area contributed by atoms with E-state index in [0.717, 1.165) is 10.2 Å². The van der Waals surface area contributed by atoms with Crippen LogP contribution in [0, 0.1) is 0 Å². The Kier molecular flexibility index (Phi) is 4.09. The van der Waals surface area contributed by atoms with Crippen molar-refractivity contribution >= 4 is 21.6 Å². The predicted octanol–water partition coefficient (Wildman–Crippen LogP) is 3.42. The van der Waals surface area contributed by atoms with Gasteiger partial charge in [0.2, 0.25) is 0 Å². The lowest BCUT2D eigenvalue weighted by Gasteiger charge is -2.18. The Bertz CT molecular complexity index is 522. The summed E-state index contributed by atoms with van der Waals surface area (Å²) in [6, 6.07) is 10.4. The van der Waals surface area contributed by atoms with E-state index >= 15 is 0 Å². The second-order valence-corrected chi connectivity index (χ2v) is 5.20. The number of hydrogen-bond donors (Lipinski definition) is 1. The smallest absolute Gasteiger partial charge is 0.139 e. The highest BCUT2D eigenvalue weighted by atomic mass is 79.9. The molecule has 0 fully saturated rings. The molecule has 0 aliphatic carbocycles. The topological polar surface area (TPSA) is 28.4 Å². The zero-order chi connectivity index (χ0) is 13.1. The molecule has 0 bridgehead atoms. The first-order valence-corrected chi connectivity index (χ1v) is 6.60. The van der Waals surface area contributed by atoms with Gasteiger partial charge in [0.25, 0.3) is 0 Å². The van der Waals surface area contributed by atoms with Crippen molar-refractivity contribution in [3.05, 3.63) is 52.4 Å². The van der Waals surface area contributed by atoms with Gasteiger partial charge in [-0.2, -0.15) is 0 Å². The van der Waals surface area contributed by atoms with E-state index < -0.39 is 0 Å². The van der Waals surface area contributed by atoms with Crippen LogP contribution in [0.25, 0.3) is 0 Å². The molecule has 0 radical (unpaired) electrons. The molecule has 1 heterocycles. The summed E-state index contributed by atoms with van der Waals surface area (Å²) in [4.78, 5) is 2.09. The lowest BCUT2D eigenvalue weighted by Crippen LogP contribution is -2.18. The van der Waals surface area contributed by atoms with E-state index in [2.05, 4.69) is 50.4 Å². The number of halogens is 1. The zero-order valence-corrected chi connectivity index (χ0v) is 12.4. The van der Waals surface area contributed by atoms with Crippen LogP contribution in [-0.2, 0) is 0 Å². The van der Waals surface area contributed by atoms with Gasteiger partial charge in [0.1, 0.15) is 5.76 Å². The lowest BCUT2D eigenvalue weighted by molar-refractivity contribution is 0.461. The number of furan rings is 1. The Hall–Kier alpha value is -1.26. The Morgan fingerprint density at radius 1 is 1.28 bits per heavy atom. The number of nitrogens with zero attached hydrogens (tertiary/aromatic N) is 1. The van der Waals surface area contributed by atoms with Gasteiger partial charge in [0, 0.05) is 19.8 Å². The van der Waals surface area contributed by atoms with Gasteiger partial charge in [0.15, 0.2) is 0 Å². The van der Waals surface area contributed by atoms with Crippen molar-refractivity contribution in [2.24, 2.45) is 0 Å². The first kappa shape index (κ1) is 13.2. The minimum Gasteiger partial charge on any atom is -0.466 e. The van der Waals surface area contributed by atoms with Crippen LogP contribution in [0.3, 0.4) is 0 Å². The summed E-state index contributed by atoms with van der Waals surface area (Å²) in [6.07, 6.45) is 1.69. The molecule has 0 amide bonds. The van der Waals surface area contributed by atoms with Gasteiger partial charge >= 0.3 is 0 Å². The monoisotopic (exact) mass is 308 g/mol. The molecule has 1 N–H and O–H groups in total. The van der Waals surface area contributed by atoms with E-state index in [-0.39, 0.29) is 6.04 Å². The third-order valence-corrected chi connectivity index (χ3v) is 3.57. The van der Waals surface area contributed by atoms with Gasteiger partial charge in [-0.1, -0.05) is 12.1 Å². The maximum Gasteiger partial charge on any atom is 0.139 e. The Morgan fingerprint density at radius 2 is 2.06 bits per heavy atom. The summed E-state index contributed by atoms with van der Waals surface area (Å²) in [7, 11) is 6.01. The Morgan fingerprint density at radius 3 is 2.61 bits per heavy atom. The Labute approximate surface area is 116 Å². The van der Waals surface area contributed by atoms with Crippen molar-refractivity contribution in [2.45, 2.75) is 6.04 Å². The fourth-order valence-corrected chi connectivity index (χ4v) is 2.37. The quantitative estimate of drug-likeness (QED) is 0.938. The zero-order valence-electron chi connectivity index (χ0n) is 10.8. The molecule has 0 saturated heterocycles. The summed E-state index contributed by atoms with van der Waals surface area (Å²) in [5.74, 6) is 0.897. The largest absolute Gasteiger partial charge is 0.466 e. The molecule has 4 heteroatoms. The van der Waals surface area contributed by atoms with Crippen LogP contribution < -0.4 is 10.2 Å². The molecule has 0 spiro atoms. The van der Waals surface area contributed by atoms with Crippen LogP contribution in [-0.4, -0.2) is 21.1 Å². The summed E-state index contributed by atoms with van der Waals surface area (Å²) >= 11 is 3.51. The summed E-state index contributed by atoms with van der Waals surface area (Å²) < 4.78 is 6.53. The van der Waals surface area contributed by atoms with Crippen LogP contribution in [0.2, 0.25) is 0 Å². The first-order chi connectivity index (χ1) is 8.63. The van der Waals surface area contributed by atoms with E-state index in [9.17, 15) is 0 Å². The Balaban J connectivity index is 2.39. The molecule has 18 heavy (non-hydrogen) atoms. The van der Waals surface area contributed by atoms with Gasteiger partial charge in [-0.05, 0) is 46.7 Å². The molecule has 0 aliphatic heterocycles. The molecule has 2 rings (SSSR count). The standard InChI is InChI=1S/C14H17BrN2O/c1-16-13(14-12(15)7-8-18-14)10-5-4-6-11(9-10)17(2)3/h4-9,13,16H,1-3H3. The third kappa shape index (κ3) is 2.60. The highest BCUT2D eigenvalue weighted by molar-refractivity contribution is 9.10. The SMILES string of the molecule is CNC(c1cccc(N(C)C)c1)c1occc1Br. The van der Waals surface area contributed by atoms with Crippen molar-refractivity contribution < 1.29 is 4.42 Å². The average molecular weight is 309 g/mol. The van der Waals surface area contributed by atoms with E-state index in [1.807, 2.05) is 27.2 Å². The molecule has 96 valence electrons. The summed E-state index contributed by atoms with van der Waals surface area (Å²) in [5, 5.41) is 3.29. The molecule has 0 aliphatic rings. The molecule has 1 atom stereocenters. The molecular weight excluding hydrogens is 292 g/mol. The first-order valence-electron chi connectivity index (χ1n) is 5.81. The highest BCUT2D eigenvalue weighted by Crippen LogP contribution is 2.30. The molecule has 0 saturated carbocycles. The van der Waals surface area contributed by atoms with Crippen LogP contribution in [0.4, 0.5) is 5.69 Å². The van der Waals surface area contributed by atoms with E-state index in [1.165, 1.54) is 11.3 Å². The molecule has 1 unspecified atom stereocenters. The maximum absolute atomic E-state index is 5.55. The summed E-state index contributed by atoms with van der Waals surface area (Å²) in [5.41, 5.74) is 2.36. The second kappa shape index (κ2) is 5.59. The fraction of sp³-hybridized carbons (Fsp3) is 0.286. The minimum atomic E-state index is 0.0503. The van der Waals surface area contributed by atoms with Crippen LogP contribution >= 0.6 is 15.9 Å². The fourth-order valence-electron chi connectivity index (χ4n) is 1.94.